The number of nitrogens with zero attached hydrogens (tertiary/aromatic N) is 3. The second kappa shape index (κ2) is 8.35. The molecule has 164 valence electrons. The molecule has 4 aromatic rings. The third-order valence-electron chi connectivity index (χ3n) is 6.09. The van der Waals surface area contributed by atoms with Crippen molar-refractivity contribution >= 4 is 11.6 Å². The third-order valence-corrected chi connectivity index (χ3v) is 6.09. The van der Waals surface area contributed by atoms with Gasteiger partial charge in [0.15, 0.2) is 0 Å². The van der Waals surface area contributed by atoms with E-state index >= 15 is 0 Å². The monoisotopic (exact) mass is 438 g/mol. The van der Waals surface area contributed by atoms with Crippen molar-refractivity contribution in [2.24, 2.45) is 0 Å². The van der Waals surface area contributed by atoms with E-state index in [1.165, 1.54) is 12.1 Å². The maximum Gasteiger partial charge on any atom is 0.273 e. The number of aryl methyl sites for hydroxylation is 1. The topological polar surface area (TPSA) is 92.1 Å². The van der Waals surface area contributed by atoms with Crippen LogP contribution in [0.5, 0.6) is 0 Å². The van der Waals surface area contributed by atoms with E-state index in [0.29, 0.717) is 18.7 Å². The summed E-state index contributed by atoms with van der Waals surface area (Å²) in [6, 6.07) is 24.1. The molecule has 1 aliphatic heterocycles. The largest absolute Gasteiger partial charge is 0.326 e. The van der Waals surface area contributed by atoms with Gasteiger partial charge in [0, 0.05) is 29.8 Å². The molecule has 7 heteroatoms. The number of nitro benzene ring substituents is 1. The predicted molar refractivity (Wildman–Crippen MR) is 125 cm³/mol. The highest BCUT2D eigenvalue weighted by Crippen LogP contribution is 2.43. The minimum Gasteiger partial charge on any atom is -0.326 e. The Hall–Kier alpha value is -4.26. The van der Waals surface area contributed by atoms with Crippen molar-refractivity contribution in [2.45, 2.75) is 19.4 Å². The number of aromatic amines is 1. The molecule has 3 aromatic carbocycles. The normalized spacial score (nSPS) is 15.0. The highest BCUT2D eigenvalue weighted by Gasteiger charge is 2.42. The summed E-state index contributed by atoms with van der Waals surface area (Å²) in [6.45, 7) is 2.54. The quantitative estimate of drug-likeness (QED) is 0.336. The van der Waals surface area contributed by atoms with Gasteiger partial charge in [-0.15, -0.1) is 0 Å². The fourth-order valence-corrected chi connectivity index (χ4v) is 4.38. The number of hydrogen-bond donors (Lipinski definition) is 1. The number of non-ortho nitro benzene ring substituents is 1. The molecule has 7 nitrogen and oxygen atoms in total. The third kappa shape index (κ3) is 3.78. The summed E-state index contributed by atoms with van der Waals surface area (Å²) in [5.41, 5.74) is 6.04. The fourth-order valence-electron chi connectivity index (χ4n) is 4.38. The number of nitrogens with one attached hydrogen (secondary N) is 1. The lowest BCUT2D eigenvalue weighted by Gasteiger charge is -2.26. The average Bonchev–Trinajstić information content (AvgIpc) is 3.38. The molecule has 33 heavy (non-hydrogen) atoms. The van der Waals surface area contributed by atoms with Crippen LogP contribution in [-0.2, 0) is 6.42 Å². The SMILES string of the molecule is Cc1ccc(-c2n[nH]c3c2C(c2ccc([N+](=O)[O-])cc2)N(CCc2ccccc2)C3=O)cc1. The van der Waals surface area contributed by atoms with E-state index in [-0.39, 0.29) is 17.6 Å². The van der Waals surface area contributed by atoms with Crippen molar-refractivity contribution in [1.29, 1.82) is 0 Å². The van der Waals surface area contributed by atoms with Crippen LogP contribution >= 0.6 is 0 Å². The predicted octanol–water partition coefficient (Wildman–Crippen LogP) is 5.08. The standard InChI is InChI=1S/C26H22N4O3/c1-17-7-9-19(10-8-17)23-22-24(28-27-23)26(31)29(16-15-18-5-3-2-4-6-18)25(22)20-11-13-21(14-12-20)30(32)33/h2-14,25H,15-16H2,1H3,(H,27,28). The van der Waals surface area contributed by atoms with Crippen LogP contribution in [0.4, 0.5) is 5.69 Å². The van der Waals surface area contributed by atoms with Crippen LogP contribution in [0.3, 0.4) is 0 Å². The number of fused-ring (bicyclic) bond motifs is 1. The van der Waals surface area contributed by atoms with Crippen molar-refractivity contribution in [3.63, 3.8) is 0 Å². The molecule has 0 fully saturated rings. The number of carbonyl (C=O) groups is 1. The van der Waals surface area contributed by atoms with E-state index in [0.717, 1.165) is 33.5 Å². The number of H-pyrrole nitrogens is 1. The van der Waals surface area contributed by atoms with E-state index in [1.54, 1.807) is 12.1 Å². The zero-order valence-corrected chi connectivity index (χ0v) is 18.1. The van der Waals surface area contributed by atoms with Crippen LogP contribution in [-0.4, -0.2) is 32.5 Å². The number of amides is 1. The van der Waals surface area contributed by atoms with E-state index in [9.17, 15) is 14.9 Å². The summed E-state index contributed by atoms with van der Waals surface area (Å²) in [7, 11) is 0. The van der Waals surface area contributed by atoms with Crippen molar-refractivity contribution in [1.82, 2.24) is 15.1 Å². The Balaban J connectivity index is 1.57. The Morgan fingerprint density at radius 2 is 1.70 bits per heavy atom. The second-order valence-electron chi connectivity index (χ2n) is 8.21. The first-order valence-corrected chi connectivity index (χ1v) is 10.8. The molecule has 0 spiro atoms. The minimum atomic E-state index is -0.419. The highest BCUT2D eigenvalue weighted by molar-refractivity contribution is 6.00. The summed E-state index contributed by atoms with van der Waals surface area (Å²) in [4.78, 5) is 26.0. The van der Waals surface area contributed by atoms with Gasteiger partial charge >= 0.3 is 0 Å². The lowest BCUT2D eigenvalue weighted by Crippen LogP contribution is -2.31. The molecule has 0 bridgehead atoms. The zero-order valence-electron chi connectivity index (χ0n) is 18.1. The van der Waals surface area contributed by atoms with Gasteiger partial charge in [0.25, 0.3) is 11.6 Å². The minimum absolute atomic E-state index is 0.0186. The van der Waals surface area contributed by atoms with Crippen LogP contribution < -0.4 is 0 Å². The van der Waals surface area contributed by atoms with E-state index in [2.05, 4.69) is 10.2 Å². The van der Waals surface area contributed by atoms with Gasteiger partial charge in [0.2, 0.25) is 0 Å². The van der Waals surface area contributed by atoms with Crippen LogP contribution in [0, 0.1) is 17.0 Å². The van der Waals surface area contributed by atoms with E-state index in [1.807, 2.05) is 66.4 Å². The van der Waals surface area contributed by atoms with Crippen LogP contribution in [0.15, 0.2) is 78.9 Å². The maximum absolute atomic E-state index is 13.4. The van der Waals surface area contributed by atoms with Gasteiger partial charge in [-0.25, -0.2) is 0 Å². The molecular formula is C26H22N4O3. The van der Waals surface area contributed by atoms with Gasteiger partial charge in [-0.3, -0.25) is 20.0 Å². The highest BCUT2D eigenvalue weighted by atomic mass is 16.6. The van der Waals surface area contributed by atoms with E-state index in [4.69, 9.17) is 0 Å². The van der Waals surface area contributed by atoms with Crippen molar-refractivity contribution in [2.75, 3.05) is 6.54 Å². The Labute approximate surface area is 190 Å². The molecular weight excluding hydrogens is 416 g/mol. The molecule has 2 heterocycles. The molecule has 1 N–H and O–H groups in total. The Kier molecular flexibility index (Phi) is 5.22. The average molecular weight is 438 g/mol. The molecule has 0 radical (unpaired) electrons. The second-order valence-corrected chi connectivity index (χ2v) is 8.21. The molecule has 1 atom stereocenters. The summed E-state index contributed by atoms with van der Waals surface area (Å²) < 4.78 is 0. The molecule has 1 unspecified atom stereocenters. The first-order chi connectivity index (χ1) is 16.0. The molecule has 1 aromatic heterocycles. The van der Waals surface area contributed by atoms with Crippen LogP contribution in [0.25, 0.3) is 11.3 Å². The number of aromatic nitrogens is 2. The number of hydrogen-bond acceptors (Lipinski definition) is 4. The summed E-state index contributed by atoms with van der Waals surface area (Å²) in [6.07, 6.45) is 0.702. The lowest BCUT2D eigenvalue weighted by atomic mass is 9.95. The van der Waals surface area contributed by atoms with Gasteiger partial charge in [-0.05, 0) is 36.6 Å². The lowest BCUT2D eigenvalue weighted by molar-refractivity contribution is -0.384. The zero-order chi connectivity index (χ0) is 22.9. The van der Waals surface area contributed by atoms with Gasteiger partial charge in [0.05, 0.1) is 16.7 Å². The fraction of sp³-hybridized carbons (Fsp3) is 0.154. The molecule has 0 saturated carbocycles. The van der Waals surface area contributed by atoms with Crippen molar-refractivity contribution < 1.29 is 9.72 Å². The molecule has 5 rings (SSSR count). The smallest absolute Gasteiger partial charge is 0.273 e. The van der Waals surface area contributed by atoms with Gasteiger partial charge in [-0.1, -0.05) is 60.2 Å². The number of rotatable bonds is 6. The van der Waals surface area contributed by atoms with E-state index < -0.39 is 4.92 Å². The summed E-state index contributed by atoms with van der Waals surface area (Å²) in [5, 5.41) is 18.6. The van der Waals surface area contributed by atoms with Gasteiger partial charge in [0.1, 0.15) is 5.69 Å². The van der Waals surface area contributed by atoms with Crippen LogP contribution in [0.2, 0.25) is 0 Å². The van der Waals surface area contributed by atoms with Crippen molar-refractivity contribution in [3.05, 3.63) is 117 Å². The molecule has 1 amide bonds. The molecule has 0 saturated heterocycles. The Morgan fingerprint density at radius 1 is 1.00 bits per heavy atom. The first-order valence-electron chi connectivity index (χ1n) is 10.8. The molecule has 1 aliphatic rings. The number of nitro groups is 1. The van der Waals surface area contributed by atoms with Crippen LogP contribution in [0.1, 0.15) is 38.8 Å². The molecule has 0 aliphatic carbocycles. The number of benzene rings is 3. The summed E-state index contributed by atoms with van der Waals surface area (Å²) >= 11 is 0. The Morgan fingerprint density at radius 3 is 2.36 bits per heavy atom. The number of carbonyl (C=O) groups excluding carboxylic acids is 1. The maximum atomic E-state index is 13.4. The summed E-state index contributed by atoms with van der Waals surface area (Å²) in [5.74, 6) is -0.116. The first kappa shape index (κ1) is 20.6. The van der Waals surface area contributed by atoms with Crippen molar-refractivity contribution in [3.8, 4) is 11.3 Å². The van der Waals surface area contributed by atoms with Gasteiger partial charge < -0.3 is 4.90 Å². The van der Waals surface area contributed by atoms with Gasteiger partial charge in [-0.2, -0.15) is 5.10 Å². The Bertz CT molecular complexity index is 1310.